The number of methoxy groups -OCH3 is 1. The number of furan rings is 1. The minimum Gasteiger partial charge on any atom is -0.459 e. The summed E-state index contributed by atoms with van der Waals surface area (Å²) in [6, 6.07) is 3.31. The third-order valence-corrected chi connectivity index (χ3v) is 2.82. The van der Waals surface area contributed by atoms with Gasteiger partial charge in [-0.15, -0.1) is 0 Å². The summed E-state index contributed by atoms with van der Waals surface area (Å²) in [5.41, 5.74) is -0.387. The predicted octanol–water partition coefficient (Wildman–Crippen LogP) is 0.815. The summed E-state index contributed by atoms with van der Waals surface area (Å²) < 4.78 is 15.7. The van der Waals surface area contributed by atoms with Gasteiger partial charge in [-0.3, -0.25) is 4.79 Å². The Balaban J connectivity index is 1.89. The van der Waals surface area contributed by atoms with Crippen molar-refractivity contribution < 1.29 is 18.7 Å². The summed E-state index contributed by atoms with van der Waals surface area (Å²) in [6.07, 6.45) is 2.27. The minimum absolute atomic E-state index is 0.228. The summed E-state index contributed by atoms with van der Waals surface area (Å²) in [5, 5.41) is 2.78. The van der Waals surface area contributed by atoms with Crippen LogP contribution in [0.25, 0.3) is 0 Å². The summed E-state index contributed by atoms with van der Waals surface area (Å²) in [4.78, 5) is 11.6. The van der Waals surface area contributed by atoms with Gasteiger partial charge in [-0.1, -0.05) is 0 Å². The van der Waals surface area contributed by atoms with Gasteiger partial charge in [-0.2, -0.15) is 0 Å². The zero-order valence-corrected chi connectivity index (χ0v) is 9.19. The molecule has 5 heteroatoms. The zero-order valence-electron chi connectivity index (χ0n) is 9.19. The number of carbonyl (C=O) groups is 1. The first-order valence-corrected chi connectivity index (χ1v) is 5.20. The van der Waals surface area contributed by atoms with Crippen molar-refractivity contribution in [3.8, 4) is 0 Å². The van der Waals surface area contributed by atoms with E-state index in [1.54, 1.807) is 19.2 Å². The van der Waals surface area contributed by atoms with Crippen LogP contribution < -0.4 is 5.32 Å². The highest BCUT2D eigenvalue weighted by molar-refractivity contribution is 5.91. The summed E-state index contributed by atoms with van der Waals surface area (Å²) in [5.74, 6) is 0.0819. The summed E-state index contributed by atoms with van der Waals surface area (Å²) in [7, 11) is 1.63. The highest BCUT2D eigenvalue weighted by Gasteiger charge is 2.35. The molecule has 5 nitrogen and oxygen atoms in total. The molecule has 2 heterocycles. The molecule has 0 radical (unpaired) electrons. The molecule has 1 N–H and O–H groups in total. The van der Waals surface area contributed by atoms with Gasteiger partial charge in [0.1, 0.15) is 5.60 Å². The van der Waals surface area contributed by atoms with E-state index in [1.807, 2.05) is 0 Å². The van der Waals surface area contributed by atoms with E-state index >= 15 is 0 Å². The van der Waals surface area contributed by atoms with E-state index in [0.717, 1.165) is 6.42 Å². The molecule has 2 rings (SSSR count). The van der Waals surface area contributed by atoms with E-state index in [0.29, 0.717) is 25.5 Å². The Bertz CT molecular complexity index is 341. The predicted molar refractivity (Wildman–Crippen MR) is 56.2 cm³/mol. The molecule has 1 aromatic rings. The first-order chi connectivity index (χ1) is 7.76. The lowest BCUT2D eigenvalue weighted by molar-refractivity contribution is -0.0150. The van der Waals surface area contributed by atoms with Crippen LogP contribution in [0.4, 0.5) is 0 Å². The first-order valence-electron chi connectivity index (χ1n) is 5.20. The second-order valence-corrected chi connectivity index (χ2v) is 3.85. The number of hydrogen-bond acceptors (Lipinski definition) is 4. The largest absolute Gasteiger partial charge is 0.459 e. The van der Waals surface area contributed by atoms with Gasteiger partial charge in [0.15, 0.2) is 5.76 Å². The van der Waals surface area contributed by atoms with Crippen molar-refractivity contribution >= 4 is 5.91 Å². The van der Waals surface area contributed by atoms with Crippen LogP contribution in [0.3, 0.4) is 0 Å². The number of nitrogens with one attached hydrogen (secondary N) is 1. The summed E-state index contributed by atoms with van der Waals surface area (Å²) in [6.45, 7) is 1.62. The number of hydrogen-bond donors (Lipinski definition) is 1. The Morgan fingerprint density at radius 2 is 2.56 bits per heavy atom. The number of carbonyl (C=O) groups excluding carboxylic acids is 1. The Hall–Kier alpha value is -1.33. The second kappa shape index (κ2) is 4.67. The van der Waals surface area contributed by atoms with Crippen molar-refractivity contribution in [2.45, 2.75) is 12.0 Å². The van der Waals surface area contributed by atoms with Crippen LogP contribution in [-0.4, -0.2) is 38.4 Å². The monoisotopic (exact) mass is 225 g/mol. The van der Waals surface area contributed by atoms with Crippen molar-refractivity contribution in [1.29, 1.82) is 0 Å². The molecule has 1 aromatic heterocycles. The Morgan fingerprint density at radius 1 is 1.69 bits per heavy atom. The lowest BCUT2D eigenvalue weighted by Gasteiger charge is -2.25. The summed E-state index contributed by atoms with van der Waals surface area (Å²) >= 11 is 0. The van der Waals surface area contributed by atoms with E-state index in [4.69, 9.17) is 13.9 Å². The molecule has 0 saturated carbocycles. The van der Waals surface area contributed by atoms with Gasteiger partial charge in [-0.25, -0.2) is 0 Å². The molecule has 1 aliphatic rings. The van der Waals surface area contributed by atoms with Gasteiger partial charge in [0.05, 0.1) is 12.9 Å². The van der Waals surface area contributed by atoms with Gasteiger partial charge in [0.25, 0.3) is 5.91 Å². The van der Waals surface area contributed by atoms with Crippen LogP contribution in [0.2, 0.25) is 0 Å². The average Bonchev–Trinajstić information content (AvgIpc) is 2.98. The second-order valence-electron chi connectivity index (χ2n) is 3.85. The quantitative estimate of drug-likeness (QED) is 0.824. The average molecular weight is 225 g/mol. The maximum Gasteiger partial charge on any atom is 0.287 e. The molecule has 1 atom stereocenters. The van der Waals surface area contributed by atoms with Crippen LogP contribution in [0.1, 0.15) is 17.0 Å². The van der Waals surface area contributed by atoms with E-state index in [9.17, 15) is 4.79 Å². The fraction of sp³-hybridized carbons (Fsp3) is 0.545. The SMILES string of the molecule is COC1(CNC(=O)c2ccco2)CCOC1. The third kappa shape index (κ3) is 2.25. The van der Waals surface area contributed by atoms with E-state index in [-0.39, 0.29) is 11.5 Å². The molecule has 0 aromatic carbocycles. The molecule has 1 amide bonds. The molecule has 1 fully saturated rings. The lowest BCUT2D eigenvalue weighted by Crippen LogP contribution is -2.44. The maximum atomic E-state index is 11.6. The third-order valence-electron chi connectivity index (χ3n) is 2.82. The molecule has 88 valence electrons. The minimum atomic E-state index is -0.387. The van der Waals surface area contributed by atoms with Crippen LogP contribution in [0, 0.1) is 0 Å². The smallest absolute Gasteiger partial charge is 0.287 e. The maximum absolute atomic E-state index is 11.6. The number of ether oxygens (including phenoxy) is 2. The zero-order chi connectivity index (χ0) is 11.4. The number of rotatable bonds is 4. The normalized spacial score (nSPS) is 24.6. The van der Waals surface area contributed by atoms with Gasteiger partial charge in [0.2, 0.25) is 0 Å². The van der Waals surface area contributed by atoms with Crippen molar-refractivity contribution in [3.63, 3.8) is 0 Å². The van der Waals surface area contributed by atoms with E-state index in [2.05, 4.69) is 5.32 Å². The Morgan fingerprint density at radius 3 is 3.12 bits per heavy atom. The van der Waals surface area contributed by atoms with Gasteiger partial charge < -0.3 is 19.2 Å². The highest BCUT2D eigenvalue weighted by atomic mass is 16.5. The topological polar surface area (TPSA) is 60.7 Å². The van der Waals surface area contributed by atoms with E-state index in [1.165, 1.54) is 6.26 Å². The molecule has 1 unspecified atom stereocenters. The van der Waals surface area contributed by atoms with Crippen LogP contribution in [0.15, 0.2) is 22.8 Å². The Labute approximate surface area is 93.7 Å². The van der Waals surface area contributed by atoms with Crippen molar-refractivity contribution in [2.75, 3.05) is 26.9 Å². The molecule has 0 bridgehead atoms. The molecule has 1 aliphatic heterocycles. The van der Waals surface area contributed by atoms with Gasteiger partial charge >= 0.3 is 0 Å². The molecule has 16 heavy (non-hydrogen) atoms. The van der Waals surface area contributed by atoms with Crippen molar-refractivity contribution in [3.05, 3.63) is 24.2 Å². The molecule has 0 spiro atoms. The molecular weight excluding hydrogens is 210 g/mol. The fourth-order valence-electron chi connectivity index (χ4n) is 1.70. The van der Waals surface area contributed by atoms with E-state index < -0.39 is 0 Å². The molecule has 1 saturated heterocycles. The first kappa shape index (κ1) is 11.2. The lowest BCUT2D eigenvalue weighted by atomic mass is 10.0. The molecule has 0 aliphatic carbocycles. The highest BCUT2D eigenvalue weighted by Crippen LogP contribution is 2.21. The number of amides is 1. The fourth-order valence-corrected chi connectivity index (χ4v) is 1.70. The van der Waals surface area contributed by atoms with Crippen molar-refractivity contribution in [2.24, 2.45) is 0 Å². The van der Waals surface area contributed by atoms with Crippen LogP contribution >= 0.6 is 0 Å². The van der Waals surface area contributed by atoms with Crippen molar-refractivity contribution in [1.82, 2.24) is 5.32 Å². The molecular formula is C11H15NO4. The van der Waals surface area contributed by atoms with Crippen LogP contribution in [0.5, 0.6) is 0 Å². The van der Waals surface area contributed by atoms with Crippen LogP contribution in [-0.2, 0) is 9.47 Å². The Kier molecular flexibility index (Phi) is 3.26. The standard InChI is InChI=1S/C11H15NO4/c1-14-11(4-6-15-8-11)7-12-10(13)9-3-2-5-16-9/h2-3,5H,4,6-8H2,1H3,(H,12,13). The van der Waals surface area contributed by atoms with Gasteiger partial charge in [-0.05, 0) is 12.1 Å². The van der Waals surface area contributed by atoms with Gasteiger partial charge in [0, 0.05) is 26.7 Å².